The van der Waals surface area contributed by atoms with Crippen LogP contribution in [-0.2, 0) is 16.6 Å². The quantitative estimate of drug-likeness (QED) is 0.545. The van der Waals surface area contributed by atoms with Crippen molar-refractivity contribution in [1.29, 1.82) is 0 Å². The second-order valence-electron chi connectivity index (χ2n) is 8.86. The lowest BCUT2D eigenvalue weighted by atomic mass is 10.1. The molecule has 1 amide bonds. The van der Waals surface area contributed by atoms with Crippen LogP contribution >= 0.6 is 0 Å². The molecule has 1 atom stereocenters. The van der Waals surface area contributed by atoms with Crippen LogP contribution in [0.5, 0.6) is 0 Å². The van der Waals surface area contributed by atoms with Crippen LogP contribution in [0.25, 0.3) is 0 Å². The van der Waals surface area contributed by atoms with Gasteiger partial charge in [0.1, 0.15) is 5.76 Å². The summed E-state index contributed by atoms with van der Waals surface area (Å²) in [6.07, 6.45) is 1.95. The zero-order chi connectivity index (χ0) is 24.6. The molecule has 1 saturated heterocycles. The van der Waals surface area contributed by atoms with Gasteiger partial charge in [-0.05, 0) is 69.5 Å². The number of sulfonamides is 1. The van der Waals surface area contributed by atoms with Gasteiger partial charge in [0.05, 0.1) is 10.6 Å². The van der Waals surface area contributed by atoms with E-state index in [2.05, 4.69) is 27.0 Å². The number of aromatic nitrogens is 1. The Hall–Kier alpha value is -3.61. The molecule has 8 nitrogen and oxygen atoms in total. The van der Waals surface area contributed by atoms with Crippen LogP contribution in [0.1, 0.15) is 51.3 Å². The van der Waals surface area contributed by atoms with E-state index in [4.69, 9.17) is 4.52 Å². The first-order chi connectivity index (χ1) is 16.8. The van der Waals surface area contributed by atoms with Crippen molar-refractivity contribution in [1.82, 2.24) is 15.4 Å². The van der Waals surface area contributed by atoms with Gasteiger partial charge in [0.25, 0.3) is 15.9 Å². The van der Waals surface area contributed by atoms with Crippen molar-refractivity contribution in [3.8, 4) is 11.8 Å². The van der Waals surface area contributed by atoms with Gasteiger partial charge >= 0.3 is 0 Å². The first kappa shape index (κ1) is 23.1. The van der Waals surface area contributed by atoms with E-state index >= 15 is 0 Å². The summed E-state index contributed by atoms with van der Waals surface area (Å²) in [5.41, 5.74) is 3.60. The minimum absolute atomic E-state index is 0.0505. The highest BCUT2D eigenvalue weighted by atomic mass is 32.2. The van der Waals surface area contributed by atoms with Gasteiger partial charge in [-0.2, -0.15) is 0 Å². The van der Waals surface area contributed by atoms with Crippen LogP contribution in [0.2, 0.25) is 0 Å². The maximum atomic E-state index is 13.3. The number of anilines is 1. The maximum Gasteiger partial charge on any atom is 0.261 e. The van der Waals surface area contributed by atoms with E-state index in [0.29, 0.717) is 40.4 Å². The number of rotatable bonds is 4. The number of fused-ring (bicyclic) bond motifs is 1. The molecule has 1 aromatic heterocycles. The molecule has 3 aromatic rings. The van der Waals surface area contributed by atoms with Gasteiger partial charge in [0.15, 0.2) is 5.69 Å². The van der Waals surface area contributed by atoms with Crippen LogP contribution in [0.4, 0.5) is 5.69 Å². The van der Waals surface area contributed by atoms with Gasteiger partial charge in [-0.25, -0.2) is 8.42 Å². The van der Waals surface area contributed by atoms with E-state index in [1.54, 1.807) is 30.3 Å². The van der Waals surface area contributed by atoms with E-state index < -0.39 is 10.0 Å². The number of nitrogens with one attached hydrogen (secondary N) is 2. The molecule has 180 valence electrons. The van der Waals surface area contributed by atoms with E-state index in [1.807, 2.05) is 18.7 Å². The van der Waals surface area contributed by atoms with Crippen LogP contribution in [-0.4, -0.2) is 43.5 Å². The van der Waals surface area contributed by atoms with Gasteiger partial charge in [0, 0.05) is 41.4 Å². The molecule has 2 aliphatic rings. The number of hydrogen-bond acceptors (Lipinski definition) is 6. The third kappa shape index (κ3) is 4.55. The largest absolute Gasteiger partial charge is 0.360 e. The highest BCUT2D eigenvalue weighted by Gasteiger charge is 2.35. The monoisotopic (exact) mass is 490 g/mol. The average Bonchev–Trinajstić information content (AvgIpc) is 3.38. The van der Waals surface area contributed by atoms with Gasteiger partial charge in [-0.3, -0.25) is 9.52 Å². The number of nitrogens with zero attached hydrogens (tertiary/aromatic N) is 2. The summed E-state index contributed by atoms with van der Waals surface area (Å²) >= 11 is 0. The smallest absolute Gasteiger partial charge is 0.261 e. The van der Waals surface area contributed by atoms with Crippen molar-refractivity contribution in [2.24, 2.45) is 0 Å². The maximum absolute atomic E-state index is 13.3. The standard InChI is InChI=1S/C26H26N4O4S/c1-17-18(2)34-28-24(17)12-11-19-6-3-8-21(14-19)35(32,33)29-25-10-4-9-22-23(25)16-30(26(22)31)20-7-5-13-27-15-20/h3-4,6,8-10,14,20,27,29H,5,7,13,15-16H2,1-2H3. The molecule has 2 aromatic carbocycles. The zero-order valence-electron chi connectivity index (χ0n) is 19.6. The summed E-state index contributed by atoms with van der Waals surface area (Å²) in [6.45, 7) is 5.78. The van der Waals surface area contributed by atoms with E-state index in [0.717, 1.165) is 31.5 Å². The Morgan fingerprint density at radius 2 is 2.00 bits per heavy atom. The molecule has 1 unspecified atom stereocenters. The number of carbonyl (C=O) groups excluding carboxylic acids is 1. The summed E-state index contributed by atoms with van der Waals surface area (Å²) in [7, 11) is -3.90. The minimum atomic E-state index is -3.90. The minimum Gasteiger partial charge on any atom is -0.360 e. The number of piperidine rings is 1. The van der Waals surface area contributed by atoms with Gasteiger partial charge in [-0.15, -0.1) is 0 Å². The molecule has 2 N–H and O–H groups in total. The number of aryl methyl sites for hydroxylation is 1. The molecule has 1 fully saturated rings. The normalized spacial score (nSPS) is 17.6. The third-order valence-corrected chi connectivity index (χ3v) is 7.94. The first-order valence-electron chi connectivity index (χ1n) is 11.5. The van der Waals surface area contributed by atoms with Crippen LogP contribution in [0.15, 0.2) is 51.9 Å². The van der Waals surface area contributed by atoms with Crippen molar-refractivity contribution in [2.75, 3.05) is 17.8 Å². The Kier molecular flexibility index (Phi) is 6.09. The van der Waals surface area contributed by atoms with Crippen LogP contribution in [0, 0.1) is 25.7 Å². The molecule has 3 heterocycles. The molecular formula is C26H26N4O4S. The molecule has 0 aliphatic carbocycles. The summed E-state index contributed by atoms with van der Waals surface area (Å²) in [6, 6.07) is 11.7. The fourth-order valence-corrected chi connectivity index (χ4v) is 5.59. The second kappa shape index (κ2) is 9.21. The predicted octanol–water partition coefficient (Wildman–Crippen LogP) is 3.20. The van der Waals surface area contributed by atoms with Gasteiger partial charge in [-0.1, -0.05) is 23.2 Å². The molecular weight excluding hydrogens is 464 g/mol. The van der Waals surface area contributed by atoms with Gasteiger partial charge < -0.3 is 14.7 Å². The molecule has 0 spiro atoms. The molecule has 2 aliphatic heterocycles. The fourth-order valence-electron chi connectivity index (χ4n) is 4.45. The van der Waals surface area contributed by atoms with Crippen molar-refractivity contribution in [3.05, 3.63) is 76.2 Å². The number of hydrogen-bond donors (Lipinski definition) is 2. The Morgan fingerprint density at radius 1 is 1.17 bits per heavy atom. The highest BCUT2D eigenvalue weighted by molar-refractivity contribution is 7.92. The third-order valence-electron chi connectivity index (χ3n) is 6.58. The average molecular weight is 491 g/mol. The van der Waals surface area contributed by atoms with Crippen LogP contribution < -0.4 is 10.0 Å². The Labute approximate surface area is 204 Å². The van der Waals surface area contributed by atoms with Crippen molar-refractivity contribution in [2.45, 2.75) is 44.2 Å². The van der Waals surface area contributed by atoms with Crippen molar-refractivity contribution >= 4 is 21.6 Å². The van der Waals surface area contributed by atoms with E-state index in [9.17, 15) is 13.2 Å². The van der Waals surface area contributed by atoms with E-state index in [-0.39, 0.29) is 16.8 Å². The lowest BCUT2D eigenvalue weighted by Gasteiger charge is -2.31. The predicted molar refractivity (Wildman–Crippen MR) is 131 cm³/mol. The Balaban J connectivity index is 1.39. The SMILES string of the molecule is Cc1onc(C#Cc2cccc(S(=O)(=O)Nc3cccc4c3CN(C3CCCNC3)C4=O)c2)c1C. The van der Waals surface area contributed by atoms with Crippen molar-refractivity contribution < 1.29 is 17.7 Å². The molecule has 0 bridgehead atoms. The fraction of sp³-hybridized carbons (Fsp3) is 0.308. The second-order valence-corrected chi connectivity index (χ2v) is 10.5. The summed E-state index contributed by atoms with van der Waals surface area (Å²) in [5, 5.41) is 7.26. The number of amides is 1. The topological polar surface area (TPSA) is 105 Å². The lowest BCUT2D eigenvalue weighted by molar-refractivity contribution is 0.0675. The lowest BCUT2D eigenvalue weighted by Crippen LogP contribution is -2.46. The van der Waals surface area contributed by atoms with Crippen LogP contribution in [0.3, 0.4) is 0 Å². The summed E-state index contributed by atoms with van der Waals surface area (Å²) in [5.74, 6) is 6.54. The van der Waals surface area contributed by atoms with Crippen molar-refractivity contribution in [3.63, 3.8) is 0 Å². The Bertz CT molecular complexity index is 1460. The molecule has 0 saturated carbocycles. The first-order valence-corrected chi connectivity index (χ1v) is 13.0. The summed E-state index contributed by atoms with van der Waals surface area (Å²) in [4.78, 5) is 15.0. The van der Waals surface area contributed by atoms with E-state index in [1.165, 1.54) is 12.1 Å². The zero-order valence-corrected chi connectivity index (χ0v) is 20.4. The highest BCUT2D eigenvalue weighted by Crippen LogP contribution is 2.33. The number of carbonyl (C=O) groups is 1. The molecule has 35 heavy (non-hydrogen) atoms. The Morgan fingerprint density at radius 3 is 2.74 bits per heavy atom. The number of benzene rings is 2. The molecule has 9 heteroatoms. The molecule has 5 rings (SSSR count). The summed E-state index contributed by atoms with van der Waals surface area (Å²) < 4.78 is 34.3. The molecule has 0 radical (unpaired) electrons. The van der Waals surface area contributed by atoms with Gasteiger partial charge in [0.2, 0.25) is 0 Å².